The lowest BCUT2D eigenvalue weighted by Gasteiger charge is -2.16. The molecule has 12 heavy (non-hydrogen) atoms. The Morgan fingerprint density at radius 1 is 1.58 bits per heavy atom. The summed E-state index contributed by atoms with van der Waals surface area (Å²) in [5.74, 6) is 2.74. The molecule has 1 aromatic heterocycles. The maximum Gasteiger partial charge on any atom is 0.137 e. The molecule has 0 aromatic carbocycles. The van der Waals surface area contributed by atoms with Crippen LogP contribution in [-0.2, 0) is 6.54 Å². The molecule has 3 nitrogen and oxygen atoms in total. The monoisotopic (exact) mass is 163 g/mol. The van der Waals surface area contributed by atoms with E-state index in [9.17, 15) is 0 Å². The quantitative estimate of drug-likeness (QED) is 0.629. The fourth-order valence-electron chi connectivity index (χ4n) is 0.814. The first-order valence-electron chi connectivity index (χ1n) is 3.94. The lowest BCUT2D eigenvalue weighted by Crippen LogP contribution is -2.12. The van der Waals surface area contributed by atoms with Gasteiger partial charge in [-0.15, -0.1) is 12.3 Å². The molecule has 0 atom stereocenters. The normalized spacial score (nSPS) is 11.1. The van der Waals surface area contributed by atoms with E-state index in [2.05, 4.69) is 16.0 Å². The second-order valence-corrected chi connectivity index (χ2v) is 3.44. The number of aromatic nitrogens is 3. The van der Waals surface area contributed by atoms with Gasteiger partial charge in [0.05, 0.1) is 0 Å². The van der Waals surface area contributed by atoms with Gasteiger partial charge in [0.15, 0.2) is 0 Å². The summed E-state index contributed by atoms with van der Waals surface area (Å²) in [6, 6.07) is 0. The molecule has 0 aliphatic heterocycles. The maximum absolute atomic E-state index is 5.35. The summed E-state index contributed by atoms with van der Waals surface area (Å²) in [5.41, 5.74) is -0.0497. The third kappa shape index (κ3) is 2.39. The van der Waals surface area contributed by atoms with Gasteiger partial charge in [-0.3, -0.25) is 4.68 Å². The van der Waals surface area contributed by atoms with Crippen molar-refractivity contribution in [3.05, 3.63) is 12.7 Å². The zero-order valence-corrected chi connectivity index (χ0v) is 7.49. The molecule has 0 aliphatic carbocycles. The van der Waals surface area contributed by atoms with Crippen molar-refractivity contribution in [2.24, 2.45) is 5.41 Å². The molecule has 3 heteroatoms. The molecule has 0 saturated carbocycles. The fourth-order valence-corrected chi connectivity index (χ4v) is 0.814. The van der Waals surface area contributed by atoms with Gasteiger partial charge in [0.25, 0.3) is 0 Å². The summed E-state index contributed by atoms with van der Waals surface area (Å²) in [7, 11) is 0. The summed E-state index contributed by atoms with van der Waals surface area (Å²) in [5, 5.41) is 3.99. The van der Waals surface area contributed by atoms with E-state index in [1.807, 2.05) is 13.8 Å². The van der Waals surface area contributed by atoms with Gasteiger partial charge in [0.2, 0.25) is 0 Å². The van der Waals surface area contributed by atoms with Crippen molar-refractivity contribution < 1.29 is 0 Å². The predicted octanol–water partition coefficient (Wildman–Crippen LogP) is 1.33. The summed E-state index contributed by atoms with van der Waals surface area (Å²) >= 11 is 0. The zero-order valence-electron chi connectivity index (χ0n) is 7.49. The van der Waals surface area contributed by atoms with Crippen LogP contribution >= 0.6 is 0 Å². The van der Waals surface area contributed by atoms with Crippen LogP contribution in [0, 0.1) is 17.8 Å². The highest BCUT2D eigenvalue weighted by Crippen LogP contribution is 2.18. The average Bonchev–Trinajstić information content (AvgIpc) is 2.53. The van der Waals surface area contributed by atoms with Crippen LogP contribution in [0.25, 0.3) is 0 Å². The van der Waals surface area contributed by atoms with E-state index in [0.717, 1.165) is 13.0 Å². The first kappa shape index (κ1) is 8.79. The third-order valence-electron chi connectivity index (χ3n) is 1.82. The van der Waals surface area contributed by atoms with Crippen molar-refractivity contribution in [2.45, 2.75) is 26.8 Å². The van der Waals surface area contributed by atoms with Gasteiger partial charge >= 0.3 is 0 Å². The highest BCUT2D eigenvalue weighted by atomic mass is 15.3. The molecule has 1 heterocycles. The number of nitrogens with zero attached hydrogens (tertiary/aromatic N) is 3. The lowest BCUT2D eigenvalue weighted by molar-refractivity contribution is 0.403. The fraction of sp³-hybridized carbons (Fsp3) is 0.556. The maximum atomic E-state index is 5.35. The van der Waals surface area contributed by atoms with Crippen LogP contribution in [0.15, 0.2) is 12.7 Å². The standard InChI is InChI=1S/C9H13N3/c1-4-9(2,3)5-6-12-8-10-7-11-12/h1,7-8H,5-6H2,2-3H3. The van der Waals surface area contributed by atoms with Gasteiger partial charge in [0, 0.05) is 12.0 Å². The van der Waals surface area contributed by atoms with E-state index < -0.39 is 0 Å². The van der Waals surface area contributed by atoms with E-state index in [1.165, 1.54) is 6.33 Å². The van der Waals surface area contributed by atoms with E-state index in [-0.39, 0.29) is 5.41 Å². The van der Waals surface area contributed by atoms with Crippen LogP contribution in [-0.4, -0.2) is 14.8 Å². The molecule has 1 rings (SSSR count). The molecule has 0 radical (unpaired) electrons. The lowest BCUT2D eigenvalue weighted by atomic mass is 9.91. The number of hydrogen-bond acceptors (Lipinski definition) is 2. The van der Waals surface area contributed by atoms with E-state index in [1.54, 1.807) is 11.0 Å². The van der Waals surface area contributed by atoms with Gasteiger partial charge in [-0.2, -0.15) is 5.10 Å². The molecule has 0 N–H and O–H groups in total. The van der Waals surface area contributed by atoms with Crippen molar-refractivity contribution >= 4 is 0 Å². The van der Waals surface area contributed by atoms with Crippen LogP contribution in [0.1, 0.15) is 20.3 Å². The molecule has 0 amide bonds. The van der Waals surface area contributed by atoms with Crippen LogP contribution in [0.2, 0.25) is 0 Å². The number of rotatable bonds is 3. The van der Waals surface area contributed by atoms with Crippen LogP contribution in [0.4, 0.5) is 0 Å². The Labute approximate surface area is 72.8 Å². The second-order valence-electron chi connectivity index (χ2n) is 3.44. The minimum atomic E-state index is -0.0497. The van der Waals surface area contributed by atoms with Gasteiger partial charge in [-0.05, 0) is 20.3 Å². The van der Waals surface area contributed by atoms with Gasteiger partial charge in [0.1, 0.15) is 12.7 Å². The highest BCUT2D eigenvalue weighted by Gasteiger charge is 2.13. The molecule has 64 valence electrons. The van der Waals surface area contributed by atoms with Gasteiger partial charge < -0.3 is 0 Å². The number of terminal acetylenes is 1. The van der Waals surface area contributed by atoms with Gasteiger partial charge in [-0.1, -0.05) is 0 Å². The molecular weight excluding hydrogens is 150 g/mol. The molecule has 0 spiro atoms. The Hall–Kier alpha value is -1.30. The van der Waals surface area contributed by atoms with Crippen LogP contribution in [0.3, 0.4) is 0 Å². The molecular formula is C9H13N3. The van der Waals surface area contributed by atoms with Crippen LogP contribution < -0.4 is 0 Å². The molecule has 1 aromatic rings. The van der Waals surface area contributed by atoms with Crippen molar-refractivity contribution in [3.63, 3.8) is 0 Å². The second kappa shape index (κ2) is 3.40. The van der Waals surface area contributed by atoms with E-state index >= 15 is 0 Å². The number of hydrogen-bond donors (Lipinski definition) is 0. The summed E-state index contributed by atoms with van der Waals surface area (Å²) in [4.78, 5) is 3.85. The van der Waals surface area contributed by atoms with Gasteiger partial charge in [-0.25, -0.2) is 4.98 Å². The molecule has 0 saturated heterocycles. The summed E-state index contributed by atoms with van der Waals surface area (Å²) < 4.78 is 1.79. The first-order valence-corrected chi connectivity index (χ1v) is 3.94. The van der Waals surface area contributed by atoms with Crippen molar-refractivity contribution in [1.29, 1.82) is 0 Å². The van der Waals surface area contributed by atoms with Crippen molar-refractivity contribution in [2.75, 3.05) is 0 Å². The third-order valence-corrected chi connectivity index (χ3v) is 1.82. The topological polar surface area (TPSA) is 30.7 Å². The largest absolute Gasteiger partial charge is 0.253 e. The Morgan fingerprint density at radius 2 is 2.33 bits per heavy atom. The Morgan fingerprint density at radius 3 is 2.83 bits per heavy atom. The van der Waals surface area contributed by atoms with E-state index in [4.69, 9.17) is 6.42 Å². The summed E-state index contributed by atoms with van der Waals surface area (Å²) in [6.45, 7) is 4.92. The highest BCUT2D eigenvalue weighted by molar-refractivity contribution is 4.99. The van der Waals surface area contributed by atoms with Crippen LogP contribution in [0.5, 0.6) is 0 Å². The smallest absolute Gasteiger partial charge is 0.137 e. The van der Waals surface area contributed by atoms with Crippen molar-refractivity contribution in [3.8, 4) is 12.3 Å². The molecule has 0 bridgehead atoms. The predicted molar refractivity (Wildman–Crippen MR) is 47.3 cm³/mol. The Kier molecular flexibility index (Phi) is 2.49. The Balaban J connectivity index is 2.42. The first-order chi connectivity index (χ1) is 5.64. The van der Waals surface area contributed by atoms with E-state index in [0.29, 0.717) is 0 Å². The van der Waals surface area contributed by atoms with Crippen molar-refractivity contribution in [1.82, 2.24) is 14.8 Å². The molecule has 0 unspecified atom stereocenters. The minimum Gasteiger partial charge on any atom is -0.253 e. The zero-order chi connectivity index (χ0) is 9.03. The minimum absolute atomic E-state index is 0.0497. The Bertz CT molecular complexity index is 266. The molecule has 0 aliphatic rings. The average molecular weight is 163 g/mol. The number of aryl methyl sites for hydroxylation is 1. The molecule has 0 fully saturated rings. The SMILES string of the molecule is C#CC(C)(C)CCn1cncn1. The summed E-state index contributed by atoms with van der Waals surface area (Å²) in [6.07, 6.45) is 9.51.